The Balaban J connectivity index is 1.55. The average molecular weight is 525 g/mol. The summed E-state index contributed by atoms with van der Waals surface area (Å²) >= 11 is 0. The first kappa shape index (κ1) is 31.3. The first-order chi connectivity index (χ1) is 18.4. The topological polar surface area (TPSA) is 77.0 Å². The summed E-state index contributed by atoms with van der Waals surface area (Å²) in [6.45, 7) is 6.20. The highest BCUT2D eigenvalue weighted by Gasteiger charge is 2.37. The Kier molecular flexibility index (Phi) is 15.1. The molecule has 0 radical (unpaired) electrons. The Labute approximate surface area is 229 Å². The fraction of sp³-hybridized carbons (Fsp3) is 0.594. The van der Waals surface area contributed by atoms with Gasteiger partial charge in [0.25, 0.3) is 0 Å². The van der Waals surface area contributed by atoms with Gasteiger partial charge in [-0.15, -0.1) is 0 Å². The van der Waals surface area contributed by atoms with E-state index in [0.29, 0.717) is 23.6 Å². The van der Waals surface area contributed by atoms with E-state index in [9.17, 15) is 9.59 Å². The summed E-state index contributed by atoms with van der Waals surface area (Å²) in [4.78, 5) is 29.5. The zero-order valence-corrected chi connectivity index (χ0v) is 23.8. The summed E-state index contributed by atoms with van der Waals surface area (Å²) in [5, 5.41) is 6.77. The number of ketones is 1. The summed E-state index contributed by atoms with van der Waals surface area (Å²) in [6.07, 6.45) is 22.9. The van der Waals surface area contributed by atoms with Crippen molar-refractivity contribution in [2.75, 3.05) is 6.54 Å². The lowest BCUT2D eigenvalue weighted by Crippen LogP contribution is -2.28. The van der Waals surface area contributed by atoms with Crippen LogP contribution in [0.3, 0.4) is 0 Å². The van der Waals surface area contributed by atoms with Gasteiger partial charge in [-0.3, -0.25) is 9.63 Å². The Morgan fingerprint density at radius 2 is 1.47 bits per heavy atom. The number of carbonyl (C=O) groups is 2. The van der Waals surface area contributed by atoms with Crippen LogP contribution in [-0.2, 0) is 14.4 Å². The Hall–Kier alpha value is -2.89. The third-order valence-corrected chi connectivity index (χ3v) is 6.68. The van der Waals surface area contributed by atoms with Crippen molar-refractivity contribution < 1.29 is 19.2 Å². The van der Waals surface area contributed by atoms with Crippen molar-refractivity contribution in [1.82, 2.24) is 5.32 Å². The highest BCUT2D eigenvalue weighted by Crippen LogP contribution is 2.27. The Morgan fingerprint density at radius 1 is 0.895 bits per heavy atom. The molecule has 1 aromatic rings. The van der Waals surface area contributed by atoms with Gasteiger partial charge in [-0.1, -0.05) is 112 Å². The quantitative estimate of drug-likeness (QED) is 0.0648. The average Bonchev–Trinajstić information content (AvgIpc) is 3.18. The van der Waals surface area contributed by atoms with E-state index in [0.717, 1.165) is 12.8 Å². The fourth-order valence-corrected chi connectivity index (χ4v) is 4.28. The highest BCUT2D eigenvalue weighted by molar-refractivity contribution is 6.16. The molecule has 1 aliphatic heterocycles. The SMILES string of the molecule is CCCCCCCC/C=C\CCCCCCCCNC(=O)O/N=C(\C1=CC(=O)C(C)(C)O1)c1ccccc1. The number of hydrogen-bond donors (Lipinski definition) is 1. The van der Waals surface area contributed by atoms with Gasteiger partial charge < -0.3 is 10.1 Å². The van der Waals surface area contributed by atoms with Crippen molar-refractivity contribution in [3.05, 3.63) is 59.9 Å². The minimum absolute atomic E-state index is 0.152. The first-order valence-electron chi connectivity index (χ1n) is 14.6. The van der Waals surface area contributed by atoms with E-state index in [2.05, 4.69) is 29.5 Å². The predicted octanol–water partition coefficient (Wildman–Crippen LogP) is 8.42. The van der Waals surface area contributed by atoms with Gasteiger partial charge in [0, 0.05) is 18.2 Å². The molecule has 1 aliphatic rings. The van der Waals surface area contributed by atoms with Gasteiger partial charge in [0.2, 0.25) is 5.78 Å². The van der Waals surface area contributed by atoms with Crippen LogP contribution < -0.4 is 5.32 Å². The largest absolute Gasteiger partial charge is 0.477 e. The molecule has 2 rings (SSSR count). The molecule has 1 amide bonds. The highest BCUT2D eigenvalue weighted by atomic mass is 16.7. The third kappa shape index (κ3) is 12.6. The van der Waals surface area contributed by atoms with Crippen LogP contribution in [0.1, 0.15) is 116 Å². The molecule has 0 spiro atoms. The maximum absolute atomic E-state index is 12.2. The number of hydrogen-bond acceptors (Lipinski definition) is 5. The first-order valence-corrected chi connectivity index (χ1v) is 14.6. The number of nitrogens with one attached hydrogen (secondary N) is 1. The van der Waals surface area contributed by atoms with Gasteiger partial charge in [-0.25, -0.2) is 4.79 Å². The summed E-state index contributed by atoms with van der Waals surface area (Å²) < 4.78 is 5.77. The molecule has 1 N–H and O–H groups in total. The minimum atomic E-state index is -0.961. The summed E-state index contributed by atoms with van der Waals surface area (Å²) in [5.41, 5.74) is 0.0548. The van der Waals surface area contributed by atoms with Gasteiger partial charge >= 0.3 is 6.09 Å². The molecule has 0 aliphatic carbocycles. The molecule has 0 aromatic heterocycles. The second-order valence-electron chi connectivity index (χ2n) is 10.5. The van der Waals surface area contributed by atoms with Crippen LogP contribution >= 0.6 is 0 Å². The van der Waals surface area contributed by atoms with E-state index in [-0.39, 0.29) is 5.78 Å². The molecular weight excluding hydrogens is 476 g/mol. The lowest BCUT2D eigenvalue weighted by Gasteiger charge is -2.18. The van der Waals surface area contributed by atoms with Crippen molar-refractivity contribution >= 4 is 17.6 Å². The van der Waals surface area contributed by atoms with Crippen LogP contribution in [0.25, 0.3) is 0 Å². The number of ether oxygens (including phenoxy) is 1. The molecule has 0 atom stereocenters. The van der Waals surface area contributed by atoms with Gasteiger partial charge in [0.05, 0.1) is 0 Å². The molecule has 6 nitrogen and oxygen atoms in total. The standard InChI is InChI=1S/C32H48N2O4/c1-4-5-6-7-8-9-10-11-12-13-14-15-16-17-18-22-25-33-31(36)38-34-30(27-23-20-19-21-24-27)28-26-29(35)32(2,3)37-28/h11-12,19-21,23-24,26H,4-10,13-18,22,25H2,1-3H3,(H,33,36)/b12-11-,34-30-. The maximum Gasteiger partial charge on any atom is 0.433 e. The molecule has 1 aromatic carbocycles. The van der Waals surface area contributed by atoms with Crippen LogP contribution in [0.15, 0.2) is 59.5 Å². The Morgan fingerprint density at radius 3 is 2.05 bits per heavy atom. The van der Waals surface area contributed by atoms with Gasteiger partial charge in [0.15, 0.2) is 17.1 Å². The fourth-order valence-electron chi connectivity index (χ4n) is 4.28. The molecule has 0 unspecified atom stereocenters. The van der Waals surface area contributed by atoms with E-state index in [4.69, 9.17) is 9.57 Å². The molecule has 1 heterocycles. The molecule has 38 heavy (non-hydrogen) atoms. The maximum atomic E-state index is 12.2. The number of rotatable bonds is 19. The zero-order chi connectivity index (χ0) is 27.5. The monoisotopic (exact) mass is 524 g/mol. The van der Waals surface area contributed by atoms with Gasteiger partial charge in [-0.2, -0.15) is 0 Å². The molecule has 0 saturated heterocycles. The molecule has 210 valence electrons. The van der Waals surface area contributed by atoms with Crippen molar-refractivity contribution in [2.45, 2.75) is 116 Å². The number of amides is 1. The number of unbranched alkanes of at least 4 members (excludes halogenated alkanes) is 12. The van der Waals surface area contributed by atoms with Crippen LogP contribution in [0.4, 0.5) is 4.79 Å². The van der Waals surface area contributed by atoms with Crippen molar-refractivity contribution in [3.8, 4) is 0 Å². The second kappa shape index (κ2) is 18.4. The molecule has 0 fully saturated rings. The van der Waals surface area contributed by atoms with Crippen molar-refractivity contribution in [2.24, 2.45) is 5.16 Å². The van der Waals surface area contributed by atoms with E-state index < -0.39 is 11.7 Å². The second-order valence-corrected chi connectivity index (χ2v) is 10.5. The van der Waals surface area contributed by atoms with Crippen LogP contribution in [-0.4, -0.2) is 29.7 Å². The summed E-state index contributed by atoms with van der Waals surface area (Å²) in [6, 6.07) is 9.23. The van der Waals surface area contributed by atoms with Crippen LogP contribution in [0.2, 0.25) is 0 Å². The number of nitrogens with zero attached hydrogens (tertiary/aromatic N) is 1. The number of oxime groups is 1. The molecule has 6 heteroatoms. The zero-order valence-electron chi connectivity index (χ0n) is 23.8. The van der Waals surface area contributed by atoms with Gasteiger partial charge in [0.1, 0.15) is 0 Å². The van der Waals surface area contributed by atoms with E-state index >= 15 is 0 Å². The molecular formula is C32H48N2O4. The van der Waals surface area contributed by atoms with Crippen molar-refractivity contribution in [3.63, 3.8) is 0 Å². The van der Waals surface area contributed by atoms with Crippen molar-refractivity contribution in [1.29, 1.82) is 0 Å². The van der Waals surface area contributed by atoms with E-state index in [1.165, 1.54) is 83.1 Å². The summed E-state index contributed by atoms with van der Waals surface area (Å²) in [7, 11) is 0. The summed E-state index contributed by atoms with van der Waals surface area (Å²) in [5.74, 6) is 0.146. The van der Waals surface area contributed by atoms with E-state index in [1.807, 2.05) is 30.3 Å². The lowest BCUT2D eigenvalue weighted by molar-refractivity contribution is -0.126. The smallest absolute Gasteiger partial charge is 0.433 e. The third-order valence-electron chi connectivity index (χ3n) is 6.68. The predicted molar refractivity (Wildman–Crippen MR) is 155 cm³/mol. The lowest BCUT2D eigenvalue weighted by atomic mass is 10.1. The normalized spacial score (nSPS) is 15.0. The number of carbonyl (C=O) groups excluding carboxylic acids is 2. The van der Waals surface area contributed by atoms with Crippen LogP contribution in [0, 0.1) is 0 Å². The number of allylic oxidation sites excluding steroid dienone is 3. The van der Waals surface area contributed by atoms with E-state index in [1.54, 1.807) is 13.8 Å². The number of benzene rings is 1. The van der Waals surface area contributed by atoms with Gasteiger partial charge in [-0.05, 0) is 46.0 Å². The molecule has 0 saturated carbocycles. The minimum Gasteiger partial charge on any atom is -0.477 e. The molecule has 0 bridgehead atoms. The Bertz CT molecular complexity index is 919. The van der Waals surface area contributed by atoms with Crippen LogP contribution in [0.5, 0.6) is 0 Å².